The first kappa shape index (κ1) is 14.0. The van der Waals surface area contributed by atoms with Gasteiger partial charge in [0.2, 0.25) is 10.0 Å². The molecule has 1 aliphatic heterocycles. The second-order valence-electron chi connectivity index (χ2n) is 4.30. The van der Waals surface area contributed by atoms with Crippen molar-refractivity contribution in [1.82, 2.24) is 4.72 Å². The molecule has 1 saturated heterocycles. The van der Waals surface area contributed by atoms with Crippen LogP contribution in [-0.4, -0.2) is 32.9 Å². The largest absolute Gasteiger partial charge is 0.454 e. The zero-order valence-electron chi connectivity index (χ0n) is 10.1. The van der Waals surface area contributed by atoms with E-state index in [1.165, 1.54) is 0 Å². The van der Waals surface area contributed by atoms with E-state index < -0.39 is 15.3 Å². The molecule has 0 bridgehead atoms. The molecule has 1 N–H and O–H groups in total. The number of nitrogens with one attached hydrogen (secondary N) is 1. The molecule has 0 aromatic carbocycles. The van der Waals surface area contributed by atoms with Crippen LogP contribution in [0.3, 0.4) is 0 Å². The van der Waals surface area contributed by atoms with Crippen molar-refractivity contribution >= 4 is 26.0 Å². The molecular weight excluding hydrogens is 322 g/mol. The predicted octanol–water partition coefficient (Wildman–Crippen LogP) is 1.68. The molecule has 7 heteroatoms. The highest BCUT2D eigenvalue weighted by Crippen LogP contribution is 2.20. The molecule has 0 radical (unpaired) electrons. The van der Waals surface area contributed by atoms with Crippen molar-refractivity contribution < 1.29 is 17.6 Å². The Kier molecular flexibility index (Phi) is 4.47. The highest BCUT2D eigenvalue weighted by atomic mass is 79.9. The van der Waals surface area contributed by atoms with Crippen LogP contribution >= 0.6 is 15.9 Å². The average molecular weight is 338 g/mol. The molecule has 1 aromatic rings. The lowest BCUT2D eigenvalue weighted by Crippen LogP contribution is -2.39. The van der Waals surface area contributed by atoms with Gasteiger partial charge in [0.25, 0.3) is 0 Å². The topological polar surface area (TPSA) is 68.5 Å². The van der Waals surface area contributed by atoms with Crippen molar-refractivity contribution in [3.63, 3.8) is 0 Å². The Balaban J connectivity index is 1.85. The second kappa shape index (κ2) is 5.73. The van der Waals surface area contributed by atoms with Crippen molar-refractivity contribution in [2.45, 2.75) is 31.1 Å². The monoisotopic (exact) mass is 337 g/mol. The number of hydrogen-bond acceptors (Lipinski definition) is 4. The number of sulfonamides is 1. The summed E-state index contributed by atoms with van der Waals surface area (Å²) in [6, 6.07) is 3.61. The SMILES string of the molecule is C[C@@H]1OCC[C@@H]1S(=O)(=O)NCCc1ccc(Br)o1. The first-order valence-electron chi connectivity index (χ1n) is 5.83. The molecule has 1 aliphatic rings. The zero-order valence-corrected chi connectivity index (χ0v) is 12.5. The van der Waals surface area contributed by atoms with E-state index in [9.17, 15) is 8.42 Å². The number of rotatable bonds is 5. The van der Waals surface area contributed by atoms with Gasteiger partial charge >= 0.3 is 0 Å². The Labute approximate surface area is 115 Å². The van der Waals surface area contributed by atoms with Crippen molar-refractivity contribution in [3.8, 4) is 0 Å². The molecule has 2 atom stereocenters. The van der Waals surface area contributed by atoms with E-state index in [2.05, 4.69) is 20.7 Å². The van der Waals surface area contributed by atoms with E-state index in [-0.39, 0.29) is 6.10 Å². The molecule has 5 nitrogen and oxygen atoms in total. The molecule has 0 unspecified atom stereocenters. The number of furan rings is 1. The maximum absolute atomic E-state index is 12.0. The Bertz CT molecular complexity index is 499. The smallest absolute Gasteiger partial charge is 0.217 e. The highest BCUT2D eigenvalue weighted by Gasteiger charge is 2.35. The average Bonchev–Trinajstić information content (AvgIpc) is 2.87. The van der Waals surface area contributed by atoms with Gasteiger partial charge in [-0.15, -0.1) is 0 Å². The Morgan fingerprint density at radius 1 is 1.50 bits per heavy atom. The molecule has 1 aromatic heterocycles. The third-order valence-electron chi connectivity index (χ3n) is 3.01. The van der Waals surface area contributed by atoms with Crippen LogP contribution in [0.2, 0.25) is 0 Å². The highest BCUT2D eigenvalue weighted by molar-refractivity contribution is 9.10. The fraction of sp³-hybridized carbons (Fsp3) is 0.636. The summed E-state index contributed by atoms with van der Waals surface area (Å²) in [5, 5.41) is -0.444. The third kappa shape index (κ3) is 3.34. The van der Waals surface area contributed by atoms with Crippen LogP contribution < -0.4 is 4.72 Å². The molecule has 0 saturated carbocycles. The van der Waals surface area contributed by atoms with E-state index in [0.717, 1.165) is 5.76 Å². The van der Waals surface area contributed by atoms with Crippen LogP contribution in [0.1, 0.15) is 19.1 Å². The second-order valence-corrected chi connectivity index (χ2v) is 7.06. The van der Waals surface area contributed by atoms with Gasteiger partial charge in [-0.2, -0.15) is 0 Å². The van der Waals surface area contributed by atoms with Gasteiger partial charge in [-0.05, 0) is 41.4 Å². The van der Waals surface area contributed by atoms with E-state index in [1.54, 1.807) is 13.0 Å². The Morgan fingerprint density at radius 2 is 2.28 bits per heavy atom. The van der Waals surface area contributed by atoms with Crippen LogP contribution in [-0.2, 0) is 21.2 Å². The summed E-state index contributed by atoms with van der Waals surface area (Å²) in [6.07, 6.45) is 0.857. The normalized spacial score (nSPS) is 24.6. The summed E-state index contributed by atoms with van der Waals surface area (Å²) < 4.78 is 37.9. The first-order valence-corrected chi connectivity index (χ1v) is 8.17. The maximum atomic E-state index is 12.0. The lowest BCUT2D eigenvalue weighted by molar-refractivity contribution is 0.126. The van der Waals surface area contributed by atoms with Crippen LogP contribution in [0.4, 0.5) is 0 Å². The van der Waals surface area contributed by atoms with Crippen LogP contribution in [0, 0.1) is 0 Å². The quantitative estimate of drug-likeness (QED) is 0.887. The van der Waals surface area contributed by atoms with Gasteiger partial charge < -0.3 is 9.15 Å². The summed E-state index contributed by atoms with van der Waals surface area (Å²) in [6.45, 7) is 2.64. The zero-order chi connectivity index (χ0) is 13.2. The molecule has 102 valence electrons. The summed E-state index contributed by atoms with van der Waals surface area (Å²) in [4.78, 5) is 0. The minimum Gasteiger partial charge on any atom is -0.454 e. The van der Waals surface area contributed by atoms with E-state index in [4.69, 9.17) is 9.15 Å². The summed E-state index contributed by atoms with van der Waals surface area (Å²) in [7, 11) is -3.30. The number of hydrogen-bond donors (Lipinski definition) is 1. The molecule has 0 spiro atoms. The van der Waals surface area contributed by atoms with Gasteiger partial charge in [0.1, 0.15) is 11.0 Å². The predicted molar refractivity (Wildman–Crippen MR) is 70.9 cm³/mol. The summed E-state index contributed by atoms with van der Waals surface area (Å²) >= 11 is 3.20. The van der Waals surface area contributed by atoms with Crippen molar-refractivity contribution in [1.29, 1.82) is 0 Å². The Morgan fingerprint density at radius 3 is 2.83 bits per heavy atom. The third-order valence-corrected chi connectivity index (χ3v) is 5.46. The van der Waals surface area contributed by atoms with E-state index >= 15 is 0 Å². The van der Waals surface area contributed by atoms with Crippen molar-refractivity contribution in [2.75, 3.05) is 13.2 Å². The van der Waals surface area contributed by atoms with Crippen LogP contribution in [0.5, 0.6) is 0 Å². The summed E-state index contributed by atoms with van der Waals surface area (Å²) in [5.74, 6) is 0.750. The lowest BCUT2D eigenvalue weighted by atomic mass is 10.3. The molecule has 2 heterocycles. The standard InChI is InChI=1S/C11H16BrNO4S/c1-8-10(5-7-16-8)18(14,15)13-6-4-9-2-3-11(12)17-9/h2-3,8,10,13H,4-7H2,1H3/t8-,10-/m0/s1. The fourth-order valence-corrected chi connectivity index (χ4v) is 3.96. The molecule has 0 aliphatic carbocycles. The Hall–Kier alpha value is -0.370. The van der Waals surface area contributed by atoms with Gasteiger partial charge in [-0.1, -0.05) is 0 Å². The first-order chi connectivity index (χ1) is 8.49. The van der Waals surface area contributed by atoms with Gasteiger partial charge in [0, 0.05) is 19.6 Å². The van der Waals surface area contributed by atoms with Gasteiger partial charge in [-0.25, -0.2) is 13.1 Å². The van der Waals surface area contributed by atoms with Gasteiger partial charge in [-0.3, -0.25) is 0 Å². The molecule has 0 amide bonds. The molecular formula is C11H16BrNO4S. The number of ether oxygens (including phenoxy) is 1. The van der Waals surface area contributed by atoms with E-state index in [1.807, 2.05) is 6.07 Å². The number of halogens is 1. The van der Waals surface area contributed by atoms with Crippen LogP contribution in [0.25, 0.3) is 0 Å². The lowest BCUT2D eigenvalue weighted by Gasteiger charge is -2.15. The van der Waals surface area contributed by atoms with Crippen molar-refractivity contribution in [3.05, 3.63) is 22.6 Å². The molecule has 18 heavy (non-hydrogen) atoms. The molecule has 1 fully saturated rings. The minimum atomic E-state index is -3.30. The minimum absolute atomic E-state index is 0.236. The molecule has 2 rings (SSSR count). The van der Waals surface area contributed by atoms with Crippen molar-refractivity contribution in [2.24, 2.45) is 0 Å². The maximum Gasteiger partial charge on any atom is 0.217 e. The summed E-state index contributed by atoms with van der Waals surface area (Å²) in [5.41, 5.74) is 0. The van der Waals surface area contributed by atoms with Gasteiger partial charge in [0.05, 0.1) is 6.10 Å². The van der Waals surface area contributed by atoms with Crippen LogP contribution in [0.15, 0.2) is 21.2 Å². The van der Waals surface area contributed by atoms with E-state index in [0.29, 0.717) is 30.7 Å². The fourth-order valence-electron chi connectivity index (χ4n) is 2.03. The van der Waals surface area contributed by atoms with Gasteiger partial charge in [0.15, 0.2) is 4.67 Å².